The molecule has 0 aliphatic heterocycles. The highest BCUT2D eigenvalue weighted by atomic mass is 16.5. The standard InChI is InChI=1S/C22H25N3O3/c1-15-5-7-18(8-6-15)24(12-4-11-23)21(26)14-28-22(27)20-13-16(2)25(17(20)3)19-9-10-19/h5-8,13,19H,4,9-10,12,14H2,1-3H3. The van der Waals surface area contributed by atoms with Crippen LogP contribution in [0.15, 0.2) is 30.3 Å². The summed E-state index contributed by atoms with van der Waals surface area (Å²) in [6, 6.07) is 11.8. The zero-order chi connectivity index (χ0) is 20.3. The first kappa shape index (κ1) is 19.7. The van der Waals surface area contributed by atoms with Crippen LogP contribution in [0.5, 0.6) is 0 Å². The first-order valence-electron chi connectivity index (χ1n) is 9.52. The van der Waals surface area contributed by atoms with Crippen molar-refractivity contribution >= 4 is 17.6 Å². The molecule has 0 atom stereocenters. The summed E-state index contributed by atoms with van der Waals surface area (Å²) < 4.78 is 7.49. The molecule has 0 unspecified atom stereocenters. The summed E-state index contributed by atoms with van der Waals surface area (Å²) in [4.78, 5) is 26.7. The van der Waals surface area contributed by atoms with E-state index in [-0.39, 0.29) is 25.5 Å². The van der Waals surface area contributed by atoms with E-state index in [2.05, 4.69) is 10.6 Å². The monoisotopic (exact) mass is 379 g/mol. The van der Waals surface area contributed by atoms with Crippen LogP contribution in [-0.2, 0) is 9.53 Å². The predicted octanol–water partition coefficient (Wildman–Crippen LogP) is 3.85. The SMILES string of the molecule is Cc1ccc(N(CCC#N)C(=O)COC(=O)c2cc(C)n(C3CC3)c2C)cc1. The number of rotatable bonds is 7. The number of aryl methyl sites for hydroxylation is 2. The second-order valence-corrected chi connectivity index (χ2v) is 7.25. The number of carbonyl (C=O) groups excluding carboxylic acids is 2. The molecular formula is C22H25N3O3. The maximum Gasteiger partial charge on any atom is 0.340 e. The number of esters is 1. The minimum Gasteiger partial charge on any atom is -0.452 e. The predicted molar refractivity (Wildman–Crippen MR) is 106 cm³/mol. The number of ether oxygens (including phenoxy) is 1. The molecule has 1 aromatic carbocycles. The number of benzene rings is 1. The smallest absolute Gasteiger partial charge is 0.340 e. The summed E-state index contributed by atoms with van der Waals surface area (Å²) in [7, 11) is 0. The number of aromatic nitrogens is 1. The third-order valence-corrected chi connectivity index (χ3v) is 5.04. The molecule has 1 aliphatic carbocycles. The minimum absolute atomic E-state index is 0.204. The highest BCUT2D eigenvalue weighted by molar-refractivity contribution is 5.97. The van der Waals surface area contributed by atoms with Crippen molar-refractivity contribution in [3.63, 3.8) is 0 Å². The number of anilines is 1. The molecular weight excluding hydrogens is 354 g/mol. The molecule has 3 rings (SSSR count). The van der Waals surface area contributed by atoms with Crippen LogP contribution >= 0.6 is 0 Å². The average Bonchev–Trinajstić information content (AvgIpc) is 3.46. The largest absolute Gasteiger partial charge is 0.452 e. The van der Waals surface area contributed by atoms with Gasteiger partial charge in [0.1, 0.15) is 0 Å². The molecule has 0 N–H and O–H groups in total. The van der Waals surface area contributed by atoms with Gasteiger partial charge in [-0.25, -0.2) is 4.79 Å². The van der Waals surface area contributed by atoms with Gasteiger partial charge in [-0.2, -0.15) is 5.26 Å². The molecule has 0 spiro atoms. The van der Waals surface area contributed by atoms with Crippen molar-refractivity contribution in [3.05, 3.63) is 52.8 Å². The zero-order valence-corrected chi connectivity index (χ0v) is 16.6. The van der Waals surface area contributed by atoms with Gasteiger partial charge in [0, 0.05) is 29.7 Å². The number of carbonyl (C=O) groups is 2. The van der Waals surface area contributed by atoms with Gasteiger partial charge in [0.15, 0.2) is 6.61 Å². The van der Waals surface area contributed by atoms with Crippen molar-refractivity contribution in [2.24, 2.45) is 0 Å². The van der Waals surface area contributed by atoms with Crippen LogP contribution in [0.1, 0.15) is 52.6 Å². The summed E-state index contributed by atoms with van der Waals surface area (Å²) in [5.41, 5.74) is 4.20. The van der Waals surface area contributed by atoms with Gasteiger partial charge in [-0.05, 0) is 51.8 Å². The minimum atomic E-state index is -0.488. The summed E-state index contributed by atoms with van der Waals surface area (Å²) >= 11 is 0. The van der Waals surface area contributed by atoms with E-state index in [4.69, 9.17) is 10.00 Å². The molecule has 6 heteroatoms. The molecule has 1 saturated carbocycles. The van der Waals surface area contributed by atoms with E-state index < -0.39 is 5.97 Å². The van der Waals surface area contributed by atoms with Crippen molar-refractivity contribution in [3.8, 4) is 6.07 Å². The lowest BCUT2D eigenvalue weighted by Gasteiger charge is -2.21. The molecule has 28 heavy (non-hydrogen) atoms. The molecule has 1 aliphatic rings. The van der Waals surface area contributed by atoms with E-state index in [9.17, 15) is 9.59 Å². The molecule has 1 fully saturated rings. The van der Waals surface area contributed by atoms with Crippen LogP contribution in [-0.4, -0.2) is 29.6 Å². The Bertz CT molecular complexity index is 918. The normalized spacial score (nSPS) is 13.1. The highest BCUT2D eigenvalue weighted by Crippen LogP contribution is 2.38. The van der Waals surface area contributed by atoms with Crippen molar-refractivity contribution in [2.45, 2.75) is 46.1 Å². The van der Waals surface area contributed by atoms with Gasteiger partial charge in [-0.3, -0.25) is 4.79 Å². The molecule has 0 bridgehead atoms. The number of hydrogen-bond acceptors (Lipinski definition) is 4. The Kier molecular flexibility index (Phi) is 5.84. The third-order valence-electron chi connectivity index (χ3n) is 5.04. The van der Waals surface area contributed by atoms with Crippen molar-refractivity contribution in [2.75, 3.05) is 18.1 Å². The average molecular weight is 379 g/mol. The lowest BCUT2D eigenvalue weighted by Crippen LogP contribution is -2.35. The Balaban J connectivity index is 1.68. The van der Waals surface area contributed by atoms with Crippen LogP contribution < -0.4 is 4.90 Å². The summed E-state index contributed by atoms with van der Waals surface area (Å²) in [6.07, 6.45) is 2.47. The highest BCUT2D eigenvalue weighted by Gasteiger charge is 2.29. The van der Waals surface area contributed by atoms with E-state index in [0.29, 0.717) is 17.3 Å². The van der Waals surface area contributed by atoms with Crippen LogP contribution in [0.4, 0.5) is 5.69 Å². The maximum atomic E-state index is 12.7. The molecule has 2 aromatic rings. The van der Waals surface area contributed by atoms with E-state index >= 15 is 0 Å². The fourth-order valence-electron chi connectivity index (χ4n) is 3.45. The summed E-state index contributed by atoms with van der Waals surface area (Å²) in [6.45, 7) is 5.76. The Hall–Kier alpha value is -3.07. The Morgan fingerprint density at radius 1 is 1.21 bits per heavy atom. The van der Waals surface area contributed by atoms with E-state index in [1.807, 2.05) is 51.1 Å². The van der Waals surface area contributed by atoms with Gasteiger partial charge in [-0.15, -0.1) is 0 Å². The molecule has 0 radical (unpaired) electrons. The van der Waals surface area contributed by atoms with Crippen LogP contribution in [0.25, 0.3) is 0 Å². The number of nitrogens with zero attached hydrogens (tertiary/aromatic N) is 3. The second kappa shape index (κ2) is 8.30. The molecule has 0 saturated heterocycles. The van der Waals surface area contributed by atoms with Gasteiger partial charge in [0.05, 0.1) is 18.1 Å². The van der Waals surface area contributed by atoms with Crippen LogP contribution in [0, 0.1) is 32.1 Å². The summed E-state index contributed by atoms with van der Waals surface area (Å²) in [5, 5.41) is 8.89. The maximum absolute atomic E-state index is 12.7. The lowest BCUT2D eigenvalue weighted by molar-refractivity contribution is -0.121. The van der Waals surface area contributed by atoms with E-state index in [1.165, 1.54) is 4.90 Å². The molecule has 6 nitrogen and oxygen atoms in total. The van der Waals surface area contributed by atoms with Gasteiger partial charge < -0.3 is 14.2 Å². The molecule has 1 amide bonds. The van der Waals surface area contributed by atoms with Gasteiger partial charge >= 0.3 is 5.97 Å². The lowest BCUT2D eigenvalue weighted by atomic mass is 10.2. The number of hydrogen-bond donors (Lipinski definition) is 0. The topological polar surface area (TPSA) is 75.3 Å². The van der Waals surface area contributed by atoms with Crippen molar-refractivity contribution in [1.29, 1.82) is 5.26 Å². The Labute approximate surface area is 165 Å². The molecule has 1 heterocycles. The second-order valence-electron chi connectivity index (χ2n) is 7.25. The fourth-order valence-corrected chi connectivity index (χ4v) is 3.45. The molecule has 146 valence electrons. The molecule has 1 aromatic heterocycles. The van der Waals surface area contributed by atoms with Gasteiger partial charge in [0.2, 0.25) is 0 Å². The Morgan fingerprint density at radius 3 is 2.50 bits per heavy atom. The third kappa shape index (κ3) is 4.25. The summed E-state index contributed by atoms with van der Waals surface area (Å²) in [5.74, 6) is -0.832. The van der Waals surface area contributed by atoms with Crippen LogP contribution in [0.2, 0.25) is 0 Å². The fraction of sp³-hybridized carbons (Fsp3) is 0.409. The quantitative estimate of drug-likeness (QED) is 0.685. The first-order valence-corrected chi connectivity index (χ1v) is 9.52. The number of nitriles is 1. The van der Waals surface area contributed by atoms with Crippen molar-refractivity contribution < 1.29 is 14.3 Å². The first-order chi connectivity index (χ1) is 13.4. The van der Waals surface area contributed by atoms with E-state index in [0.717, 1.165) is 29.8 Å². The number of amides is 1. The van der Waals surface area contributed by atoms with Gasteiger partial charge in [0.25, 0.3) is 5.91 Å². The van der Waals surface area contributed by atoms with Crippen molar-refractivity contribution in [1.82, 2.24) is 4.57 Å². The Morgan fingerprint density at radius 2 is 1.89 bits per heavy atom. The zero-order valence-electron chi connectivity index (χ0n) is 16.6. The van der Waals surface area contributed by atoms with E-state index in [1.54, 1.807) is 0 Å². The van der Waals surface area contributed by atoms with Crippen LogP contribution in [0.3, 0.4) is 0 Å². The van der Waals surface area contributed by atoms with Gasteiger partial charge in [-0.1, -0.05) is 17.7 Å².